The molecule has 4 N–H and O–H groups in total. The van der Waals surface area contributed by atoms with Crippen LogP contribution in [-0.4, -0.2) is 49.5 Å². The lowest BCUT2D eigenvalue weighted by Crippen LogP contribution is -2.52. The third-order valence-electron chi connectivity index (χ3n) is 5.08. The summed E-state index contributed by atoms with van der Waals surface area (Å²) in [6, 6.07) is 0. The zero-order valence-electron chi connectivity index (χ0n) is 18.5. The van der Waals surface area contributed by atoms with Crippen LogP contribution < -0.4 is 11.5 Å². The van der Waals surface area contributed by atoms with Crippen molar-refractivity contribution in [3.8, 4) is 0 Å². The second kappa shape index (κ2) is 13.3. The maximum atomic E-state index is 11.8. The molecule has 0 aliphatic carbocycles. The van der Waals surface area contributed by atoms with Crippen molar-refractivity contribution < 1.29 is 38.1 Å². The Kier molecular flexibility index (Phi) is 12.0. The van der Waals surface area contributed by atoms with Gasteiger partial charge in [0.05, 0.1) is 19.8 Å². The number of amides is 2. The van der Waals surface area contributed by atoms with E-state index in [2.05, 4.69) is 13.2 Å². The monoisotopic (exact) mass is 442 g/mol. The highest BCUT2D eigenvalue weighted by Crippen LogP contribution is 2.45. The van der Waals surface area contributed by atoms with Crippen LogP contribution in [0, 0.1) is 11.3 Å². The molecule has 1 atom stereocenters. The van der Waals surface area contributed by atoms with E-state index < -0.39 is 35.1 Å². The Labute approximate surface area is 182 Å². The largest absolute Gasteiger partial charge is 0.462 e. The van der Waals surface area contributed by atoms with Gasteiger partial charge in [-0.25, -0.2) is 19.2 Å². The zero-order valence-corrected chi connectivity index (χ0v) is 18.5. The van der Waals surface area contributed by atoms with Gasteiger partial charge in [-0.3, -0.25) is 0 Å². The Morgan fingerprint density at radius 3 is 1.74 bits per heavy atom. The first kappa shape index (κ1) is 28.0. The third-order valence-corrected chi connectivity index (χ3v) is 5.08. The maximum absolute atomic E-state index is 11.8. The highest BCUT2D eigenvalue weighted by atomic mass is 16.6. The van der Waals surface area contributed by atoms with E-state index in [9.17, 15) is 19.2 Å². The molecular weight excluding hydrogens is 408 g/mol. The second-order valence-electron chi connectivity index (χ2n) is 7.81. The topological polar surface area (TPSA) is 157 Å². The van der Waals surface area contributed by atoms with Crippen LogP contribution >= 0.6 is 0 Å². The number of nitrogens with two attached hydrogens (primary N) is 2. The summed E-state index contributed by atoms with van der Waals surface area (Å²) >= 11 is 0. The number of primary amides is 2. The summed E-state index contributed by atoms with van der Waals surface area (Å²) in [6.45, 7) is 12.4. The summed E-state index contributed by atoms with van der Waals surface area (Å²) in [4.78, 5) is 45.5. The molecule has 0 saturated heterocycles. The van der Waals surface area contributed by atoms with Crippen LogP contribution in [0.1, 0.15) is 46.5 Å². The molecule has 0 aromatic heterocycles. The van der Waals surface area contributed by atoms with Gasteiger partial charge in [0, 0.05) is 30.4 Å². The van der Waals surface area contributed by atoms with Gasteiger partial charge in [-0.05, 0) is 18.8 Å². The summed E-state index contributed by atoms with van der Waals surface area (Å²) in [5.41, 5.74) is 8.42. The third kappa shape index (κ3) is 10.5. The molecule has 0 radical (unpaired) electrons. The van der Waals surface area contributed by atoms with Gasteiger partial charge in [0.2, 0.25) is 0 Å². The van der Waals surface area contributed by atoms with Crippen LogP contribution in [0.4, 0.5) is 9.59 Å². The Morgan fingerprint density at radius 2 is 1.35 bits per heavy atom. The van der Waals surface area contributed by atoms with Gasteiger partial charge in [-0.15, -0.1) is 0 Å². The molecule has 0 heterocycles. The van der Waals surface area contributed by atoms with E-state index in [-0.39, 0.29) is 38.6 Å². The minimum Gasteiger partial charge on any atom is -0.462 e. The first-order valence-electron chi connectivity index (χ1n) is 9.88. The molecule has 0 aliphatic rings. The summed E-state index contributed by atoms with van der Waals surface area (Å²) < 4.78 is 20.5. The Balaban J connectivity index is 5.62. The van der Waals surface area contributed by atoms with E-state index in [1.807, 2.05) is 20.8 Å². The summed E-state index contributed by atoms with van der Waals surface area (Å²) in [7, 11) is 0. The number of esters is 2. The van der Waals surface area contributed by atoms with Crippen molar-refractivity contribution in [3.05, 3.63) is 25.3 Å². The lowest BCUT2D eigenvalue weighted by atomic mass is 9.66. The van der Waals surface area contributed by atoms with Crippen molar-refractivity contribution in [2.75, 3.05) is 19.8 Å². The zero-order chi connectivity index (χ0) is 24.1. The number of carbonyl (C=O) groups is 4. The van der Waals surface area contributed by atoms with Gasteiger partial charge < -0.3 is 30.4 Å². The molecule has 0 aliphatic heterocycles. The van der Waals surface area contributed by atoms with E-state index in [1.165, 1.54) is 0 Å². The van der Waals surface area contributed by atoms with Gasteiger partial charge in [0.25, 0.3) is 0 Å². The van der Waals surface area contributed by atoms with Crippen molar-refractivity contribution in [1.29, 1.82) is 0 Å². The molecule has 0 fully saturated rings. The molecule has 0 aromatic rings. The SMILES string of the molecule is C=CC(=O)OCCC(CCOC(=O)C=C)(OC(N)=O)C(C)(C)CC(C)CCOC(N)=O. The Bertz CT molecular complexity index is 634. The molecule has 0 saturated carbocycles. The van der Waals surface area contributed by atoms with Gasteiger partial charge in [-0.1, -0.05) is 33.9 Å². The molecular formula is C21H34N2O8. The Hall–Kier alpha value is -3.04. The van der Waals surface area contributed by atoms with E-state index in [0.29, 0.717) is 12.8 Å². The van der Waals surface area contributed by atoms with Crippen LogP contribution in [0.2, 0.25) is 0 Å². The molecule has 0 bridgehead atoms. The summed E-state index contributed by atoms with van der Waals surface area (Å²) in [5, 5.41) is 0. The van der Waals surface area contributed by atoms with Gasteiger partial charge in [0.15, 0.2) is 0 Å². The van der Waals surface area contributed by atoms with Crippen LogP contribution in [0.25, 0.3) is 0 Å². The normalized spacial score (nSPS) is 12.2. The highest BCUT2D eigenvalue weighted by molar-refractivity contribution is 5.81. The predicted molar refractivity (Wildman–Crippen MR) is 113 cm³/mol. The quantitative estimate of drug-likeness (QED) is 0.222. The molecule has 10 heteroatoms. The van der Waals surface area contributed by atoms with Crippen molar-refractivity contribution >= 4 is 24.1 Å². The maximum Gasteiger partial charge on any atom is 0.405 e. The second-order valence-corrected chi connectivity index (χ2v) is 7.81. The van der Waals surface area contributed by atoms with E-state index in [0.717, 1.165) is 12.2 Å². The molecule has 31 heavy (non-hydrogen) atoms. The average Bonchev–Trinajstić information content (AvgIpc) is 2.65. The fourth-order valence-electron chi connectivity index (χ4n) is 3.51. The molecule has 0 aromatic carbocycles. The first-order chi connectivity index (χ1) is 14.4. The number of hydrogen-bond acceptors (Lipinski definition) is 8. The fourth-order valence-corrected chi connectivity index (χ4v) is 3.51. The predicted octanol–water partition coefficient (Wildman–Crippen LogP) is 2.60. The molecule has 0 rings (SSSR count). The van der Waals surface area contributed by atoms with E-state index in [4.69, 9.17) is 30.4 Å². The summed E-state index contributed by atoms with van der Waals surface area (Å²) in [6.07, 6.45) is 1.44. The number of hydrogen-bond donors (Lipinski definition) is 2. The average molecular weight is 443 g/mol. The first-order valence-corrected chi connectivity index (χ1v) is 9.88. The Morgan fingerprint density at radius 1 is 0.871 bits per heavy atom. The van der Waals surface area contributed by atoms with Crippen molar-refractivity contribution in [2.24, 2.45) is 22.8 Å². The van der Waals surface area contributed by atoms with E-state index in [1.54, 1.807) is 0 Å². The van der Waals surface area contributed by atoms with Crippen LogP contribution in [-0.2, 0) is 28.5 Å². The van der Waals surface area contributed by atoms with Crippen LogP contribution in [0.15, 0.2) is 25.3 Å². The summed E-state index contributed by atoms with van der Waals surface area (Å²) in [5.74, 6) is -1.21. The lowest BCUT2D eigenvalue weighted by molar-refractivity contribution is -0.148. The molecule has 176 valence electrons. The molecule has 2 amide bonds. The molecule has 0 spiro atoms. The lowest BCUT2D eigenvalue weighted by Gasteiger charge is -2.46. The minimum atomic E-state index is -1.22. The number of carbonyl (C=O) groups excluding carboxylic acids is 4. The van der Waals surface area contributed by atoms with Crippen LogP contribution in [0.5, 0.6) is 0 Å². The van der Waals surface area contributed by atoms with Gasteiger partial charge in [0.1, 0.15) is 5.60 Å². The van der Waals surface area contributed by atoms with Crippen molar-refractivity contribution in [1.82, 2.24) is 0 Å². The van der Waals surface area contributed by atoms with Gasteiger partial charge >= 0.3 is 24.1 Å². The standard InChI is InChI=1S/C21H34N2O8/c1-6-16(24)28-12-9-21(31-19(23)27,10-13-29-17(25)7-2)20(4,5)14-15(3)8-11-30-18(22)26/h6-7,15H,1-2,8-14H2,3-5H3,(H2,22,26)(H2,23,27). The molecule has 1 unspecified atom stereocenters. The molecule has 10 nitrogen and oxygen atoms in total. The van der Waals surface area contributed by atoms with Crippen molar-refractivity contribution in [2.45, 2.75) is 52.1 Å². The number of ether oxygens (including phenoxy) is 4. The van der Waals surface area contributed by atoms with Crippen molar-refractivity contribution in [3.63, 3.8) is 0 Å². The van der Waals surface area contributed by atoms with E-state index >= 15 is 0 Å². The van der Waals surface area contributed by atoms with Crippen LogP contribution in [0.3, 0.4) is 0 Å². The smallest absolute Gasteiger partial charge is 0.405 e. The minimum absolute atomic E-state index is 0.0386. The number of rotatable bonds is 15. The highest BCUT2D eigenvalue weighted by Gasteiger charge is 2.48. The fraction of sp³-hybridized carbons (Fsp3) is 0.619. The van der Waals surface area contributed by atoms with Gasteiger partial charge in [-0.2, -0.15) is 0 Å².